The summed E-state index contributed by atoms with van der Waals surface area (Å²) in [6.07, 6.45) is 7.67. The van der Waals surface area contributed by atoms with E-state index in [4.69, 9.17) is 11.1 Å². The molecule has 7 heteroatoms. The molecule has 1 radical (unpaired) electrons. The molecule has 4 rings (SSSR count). The van der Waals surface area contributed by atoms with Gasteiger partial charge in [-0.2, -0.15) is 15.5 Å². The average Bonchev–Trinajstić information content (AvgIpc) is 3.19. The second-order valence-corrected chi connectivity index (χ2v) is 6.96. The Hall–Kier alpha value is -1.96. The lowest BCUT2D eigenvalue weighted by atomic mass is 9.94. The van der Waals surface area contributed by atoms with Crippen LogP contribution in [0.15, 0.2) is 42.7 Å². The summed E-state index contributed by atoms with van der Waals surface area (Å²) in [4.78, 5) is 4.07. The summed E-state index contributed by atoms with van der Waals surface area (Å²) >= 11 is 0. The number of anilines is 1. The highest BCUT2D eigenvalue weighted by Crippen LogP contribution is 2.28. The van der Waals surface area contributed by atoms with E-state index in [1.54, 1.807) is 17.2 Å². The molecular weight excluding hydrogens is 314 g/mol. The Morgan fingerprint density at radius 3 is 2.48 bits per heavy atom. The molecule has 2 aromatic rings. The van der Waals surface area contributed by atoms with Crippen LogP contribution >= 0.6 is 0 Å². The number of rotatable bonds is 4. The van der Waals surface area contributed by atoms with Crippen LogP contribution in [0.2, 0.25) is 0 Å². The quantitative estimate of drug-likeness (QED) is 0.873. The molecule has 2 fully saturated rings. The van der Waals surface area contributed by atoms with Crippen molar-refractivity contribution < 1.29 is 0 Å². The third-order valence-corrected chi connectivity index (χ3v) is 5.35. The van der Waals surface area contributed by atoms with Crippen molar-refractivity contribution in [3.05, 3.63) is 42.7 Å². The first-order valence-corrected chi connectivity index (χ1v) is 9.16. The predicted molar refractivity (Wildman–Crippen MR) is 96.9 cm³/mol. The van der Waals surface area contributed by atoms with Gasteiger partial charge in [-0.25, -0.2) is 0 Å². The number of hydrogen-bond acceptors (Lipinski definition) is 5. The zero-order chi connectivity index (χ0) is 17.1. The second-order valence-electron chi connectivity index (χ2n) is 6.96. The van der Waals surface area contributed by atoms with Gasteiger partial charge in [0.05, 0.1) is 18.4 Å². The average molecular weight is 340 g/mol. The zero-order valence-corrected chi connectivity index (χ0v) is 14.5. The minimum absolute atomic E-state index is 0.159. The Morgan fingerprint density at radius 1 is 1.04 bits per heavy atom. The third kappa shape index (κ3) is 3.40. The summed E-state index contributed by atoms with van der Waals surface area (Å²) in [5, 5.41) is 16.9. The predicted octanol–water partition coefficient (Wildman–Crippen LogP) is 1.19. The van der Waals surface area contributed by atoms with E-state index in [0.29, 0.717) is 6.04 Å². The smallest absolute Gasteiger partial charge is 0.213 e. The minimum Gasteiger partial charge on any atom is -0.382 e. The SMILES string of the molecule is NC1(n2nccn2)[N]CCCC1N1CCC(Nc2ccccc2)CC1. The summed E-state index contributed by atoms with van der Waals surface area (Å²) in [6.45, 7) is 2.82. The molecule has 0 bridgehead atoms. The molecule has 25 heavy (non-hydrogen) atoms. The van der Waals surface area contributed by atoms with E-state index in [9.17, 15) is 0 Å². The van der Waals surface area contributed by atoms with Crippen molar-refractivity contribution in [1.29, 1.82) is 0 Å². The number of nitrogens with zero attached hydrogens (tertiary/aromatic N) is 5. The maximum absolute atomic E-state index is 6.67. The van der Waals surface area contributed by atoms with E-state index in [1.807, 2.05) is 6.07 Å². The third-order valence-electron chi connectivity index (χ3n) is 5.35. The molecule has 2 atom stereocenters. The van der Waals surface area contributed by atoms with Crippen LogP contribution in [0.1, 0.15) is 25.7 Å². The molecule has 1 aromatic heterocycles. The van der Waals surface area contributed by atoms with Crippen molar-refractivity contribution in [3.8, 4) is 0 Å². The molecular formula is C18H26N7. The van der Waals surface area contributed by atoms with Gasteiger partial charge in [0.2, 0.25) is 5.79 Å². The van der Waals surface area contributed by atoms with Gasteiger partial charge in [0.15, 0.2) is 0 Å². The fourth-order valence-corrected chi connectivity index (χ4v) is 4.03. The van der Waals surface area contributed by atoms with Crippen molar-refractivity contribution in [1.82, 2.24) is 25.2 Å². The van der Waals surface area contributed by atoms with Gasteiger partial charge >= 0.3 is 0 Å². The molecule has 0 amide bonds. The topological polar surface area (TPSA) is 86.1 Å². The monoisotopic (exact) mass is 340 g/mol. The first kappa shape index (κ1) is 16.5. The van der Waals surface area contributed by atoms with Crippen molar-refractivity contribution in [2.45, 2.75) is 43.6 Å². The Labute approximate surface area is 148 Å². The number of nitrogens with one attached hydrogen (secondary N) is 1. The van der Waals surface area contributed by atoms with Crippen LogP contribution < -0.4 is 16.4 Å². The van der Waals surface area contributed by atoms with Crippen LogP contribution in [0.4, 0.5) is 5.69 Å². The molecule has 0 saturated carbocycles. The van der Waals surface area contributed by atoms with Gasteiger partial charge in [-0.3, -0.25) is 10.6 Å². The summed E-state index contributed by atoms with van der Waals surface area (Å²) in [5.74, 6) is -0.846. The fourth-order valence-electron chi connectivity index (χ4n) is 4.03. The van der Waals surface area contributed by atoms with E-state index in [0.717, 1.165) is 45.3 Å². The summed E-state index contributed by atoms with van der Waals surface area (Å²) in [6, 6.07) is 11.1. The van der Waals surface area contributed by atoms with Gasteiger partial charge in [-0.05, 0) is 37.8 Å². The lowest BCUT2D eigenvalue weighted by Crippen LogP contribution is -2.68. The Kier molecular flexibility index (Phi) is 4.70. The lowest BCUT2D eigenvalue weighted by Gasteiger charge is -2.47. The van der Waals surface area contributed by atoms with E-state index in [-0.39, 0.29) is 6.04 Å². The molecule has 3 N–H and O–H groups in total. The number of nitrogens with two attached hydrogens (primary N) is 1. The molecule has 2 aliphatic rings. The van der Waals surface area contributed by atoms with Gasteiger partial charge < -0.3 is 5.32 Å². The lowest BCUT2D eigenvalue weighted by molar-refractivity contribution is -0.0128. The molecule has 2 aliphatic heterocycles. The molecule has 133 valence electrons. The zero-order valence-electron chi connectivity index (χ0n) is 14.5. The van der Waals surface area contributed by atoms with Crippen LogP contribution in [0.5, 0.6) is 0 Å². The van der Waals surface area contributed by atoms with Crippen molar-refractivity contribution in [3.63, 3.8) is 0 Å². The molecule has 3 heterocycles. The van der Waals surface area contributed by atoms with Gasteiger partial charge in [0.1, 0.15) is 0 Å². The molecule has 2 unspecified atom stereocenters. The Bertz CT molecular complexity index is 651. The number of likely N-dealkylation sites (tertiary alicyclic amines) is 1. The number of piperidine rings is 2. The first-order chi connectivity index (χ1) is 12.3. The highest BCUT2D eigenvalue weighted by Gasteiger charge is 2.45. The van der Waals surface area contributed by atoms with Crippen molar-refractivity contribution in [2.24, 2.45) is 5.73 Å². The van der Waals surface area contributed by atoms with Gasteiger partial charge in [0, 0.05) is 31.4 Å². The largest absolute Gasteiger partial charge is 0.382 e. The number of hydrogen-bond donors (Lipinski definition) is 2. The first-order valence-electron chi connectivity index (χ1n) is 9.16. The van der Waals surface area contributed by atoms with Crippen LogP contribution in [-0.2, 0) is 5.79 Å². The van der Waals surface area contributed by atoms with Crippen molar-refractivity contribution in [2.75, 3.05) is 25.0 Å². The van der Waals surface area contributed by atoms with Gasteiger partial charge in [0.25, 0.3) is 0 Å². The number of benzene rings is 1. The van der Waals surface area contributed by atoms with Crippen LogP contribution in [0.3, 0.4) is 0 Å². The van der Waals surface area contributed by atoms with Crippen LogP contribution in [0, 0.1) is 0 Å². The van der Waals surface area contributed by atoms with Gasteiger partial charge in [-0.1, -0.05) is 18.2 Å². The van der Waals surface area contributed by atoms with E-state index >= 15 is 0 Å². The highest BCUT2D eigenvalue weighted by molar-refractivity contribution is 5.43. The maximum Gasteiger partial charge on any atom is 0.213 e. The second kappa shape index (κ2) is 7.11. The van der Waals surface area contributed by atoms with Crippen LogP contribution in [-0.4, -0.2) is 51.6 Å². The van der Waals surface area contributed by atoms with Gasteiger partial charge in [-0.15, -0.1) is 4.80 Å². The van der Waals surface area contributed by atoms with E-state index in [2.05, 4.69) is 44.7 Å². The van der Waals surface area contributed by atoms with E-state index in [1.165, 1.54) is 5.69 Å². The molecule has 7 nitrogen and oxygen atoms in total. The summed E-state index contributed by atoms with van der Waals surface area (Å²) in [5.41, 5.74) is 7.87. The number of para-hydroxylation sites is 1. The standard InChI is InChI=1S/C18H26N7/c19-18(25-21-11-12-22-25)17(7-4-10-20-18)24-13-8-16(9-14-24)23-15-5-2-1-3-6-15/h1-3,5-6,11-12,16-17,23H,4,7-10,13-14,19H2. The molecule has 0 aliphatic carbocycles. The van der Waals surface area contributed by atoms with Crippen molar-refractivity contribution >= 4 is 5.69 Å². The maximum atomic E-state index is 6.67. The normalized spacial score (nSPS) is 28.8. The number of aromatic nitrogens is 3. The highest BCUT2D eigenvalue weighted by atomic mass is 15.6. The Morgan fingerprint density at radius 2 is 1.76 bits per heavy atom. The minimum atomic E-state index is -0.846. The molecule has 2 saturated heterocycles. The fraction of sp³-hybridized carbons (Fsp3) is 0.556. The molecule has 0 spiro atoms. The molecule has 1 aromatic carbocycles. The summed E-state index contributed by atoms with van der Waals surface area (Å²) < 4.78 is 0. The Balaban J connectivity index is 1.41. The summed E-state index contributed by atoms with van der Waals surface area (Å²) in [7, 11) is 0. The van der Waals surface area contributed by atoms with Crippen LogP contribution in [0.25, 0.3) is 0 Å². The van der Waals surface area contributed by atoms with E-state index < -0.39 is 5.79 Å².